The van der Waals surface area contributed by atoms with E-state index in [-0.39, 0.29) is 5.91 Å². The van der Waals surface area contributed by atoms with Gasteiger partial charge in [-0.1, -0.05) is 30.3 Å². The number of nitrogens with one attached hydrogen (secondary N) is 2. The van der Waals surface area contributed by atoms with E-state index in [1.807, 2.05) is 25.6 Å². The first-order valence-electron chi connectivity index (χ1n) is 11.3. The van der Waals surface area contributed by atoms with Gasteiger partial charge in [0, 0.05) is 57.6 Å². The van der Waals surface area contributed by atoms with Gasteiger partial charge in [-0.2, -0.15) is 10.2 Å². The molecule has 4 rings (SSSR count). The zero-order valence-corrected chi connectivity index (χ0v) is 19.3. The largest absolute Gasteiger partial charge is 0.351 e. The first kappa shape index (κ1) is 22.2. The van der Waals surface area contributed by atoms with Crippen molar-refractivity contribution in [3.63, 3.8) is 0 Å². The molecule has 0 unspecified atom stereocenters. The van der Waals surface area contributed by atoms with E-state index in [1.54, 1.807) is 6.07 Å². The number of aromatic nitrogens is 4. The molecule has 0 spiro atoms. The van der Waals surface area contributed by atoms with Gasteiger partial charge in [0.15, 0.2) is 0 Å². The Kier molecular flexibility index (Phi) is 7.02. The molecule has 0 aliphatic carbocycles. The second-order valence-corrected chi connectivity index (χ2v) is 8.55. The molecule has 3 heterocycles. The molecule has 1 saturated heterocycles. The van der Waals surface area contributed by atoms with Crippen LogP contribution < -0.4 is 5.32 Å². The van der Waals surface area contributed by atoms with Crippen LogP contribution in [0.1, 0.15) is 33.9 Å². The summed E-state index contributed by atoms with van der Waals surface area (Å²) in [6.45, 7) is 11.0. The van der Waals surface area contributed by atoms with Gasteiger partial charge in [0.2, 0.25) is 0 Å². The van der Waals surface area contributed by atoms with Crippen molar-refractivity contribution >= 4 is 5.91 Å². The maximum absolute atomic E-state index is 12.5. The number of aryl methyl sites for hydroxylation is 2. The highest BCUT2D eigenvalue weighted by Crippen LogP contribution is 2.25. The van der Waals surface area contributed by atoms with Crippen LogP contribution in [0.25, 0.3) is 11.3 Å². The van der Waals surface area contributed by atoms with Crippen LogP contribution in [0.15, 0.2) is 36.4 Å². The number of rotatable bonds is 8. The first-order chi connectivity index (χ1) is 15.5. The summed E-state index contributed by atoms with van der Waals surface area (Å²) in [5.74, 6) is -0.115. The molecule has 1 fully saturated rings. The number of hydrogen-bond acceptors (Lipinski definition) is 5. The van der Waals surface area contributed by atoms with E-state index < -0.39 is 0 Å². The summed E-state index contributed by atoms with van der Waals surface area (Å²) in [6.07, 6.45) is 0.937. The molecule has 0 radical (unpaired) electrons. The Hall–Kier alpha value is -2.97. The third-order valence-electron chi connectivity index (χ3n) is 6.24. The van der Waals surface area contributed by atoms with E-state index in [2.05, 4.69) is 60.7 Å². The van der Waals surface area contributed by atoms with Crippen LogP contribution in [0.3, 0.4) is 0 Å². The summed E-state index contributed by atoms with van der Waals surface area (Å²) in [5.41, 5.74) is 5.54. The van der Waals surface area contributed by atoms with Gasteiger partial charge in [-0.25, -0.2) is 0 Å². The standard InChI is InChI=1S/C24H33N7O/c1-18-23(19(2)29(3)28-18)21-16-22(27-26-21)24(32)25-10-7-11-30-12-14-31(15-13-30)17-20-8-5-4-6-9-20/h4-6,8-9,16H,7,10-15,17H2,1-3H3,(H,25,32)(H,26,27). The van der Waals surface area contributed by atoms with Crippen molar-refractivity contribution in [1.29, 1.82) is 0 Å². The van der Waals surface area contributed by atoms with E-state index in [4.69, 9.17) is 0 Å². The molecule has 3 aromatic rings. The van der Waals surface area contributed by atoms with Crippen molar-refractivity contribution in [1.82, 2.24) is 35.1 Å². The average Bonchev–Trinajstić information content (AvgIpc) is 3.37. The third kappa shape index (κ3) is 5.26. The molecule has 2 aromatic heterocycles. The molecule has 0 atom stereocenters. The molecule has 1 aliphatic heterocycles. The molecule has 32 heavy (non-hydrogen) atoms. The molecule has 0 bridgehead atoms. The van der Waals surface area contributed by atoms with Gasteiger partial charge in [-0.3, -0.25) is 19.5 Å². The maximum Gasteiger partial charge on any atom is 0.269 e. The van der Waals surface area contributed by atoms with Crippen molar-refractivity contribution in [3.05, 3.63) is 59.0 Å². The topological polar surface area (TPSA) is 82.1 Å². The van der Waals surface area contributed by atoms with Gasteiger partial charge in [-0.15, -0.1) is 0 Å². The predicted octanol–water partition coefficient (Wildman–Crippen LogP) is 2.36. The van der Waals surface area contributed by atoms with Crippen molar-refractivity contribution in [2.24, 2.45) is 7.05 Å². The quantitative estimate of drug-likeness (QED) is 0.531. The Bertz CT molecular complexity index is 1030. The normalized spacial score (nSPS) is 15.2. The van der Waals surface area contributed by atoms with Crippen LogP contribution in [0.5, 0.6) is 0 Å². The SMILES string of the molecule is Cc1nn(C)c(C)c1-c1cc(C(=O)NCCCN2CCN(Cc3ccccc3)CC2)[nH]n1. The van der Waals surface area contributed by atoms with Crippen molar-refractivity contribution < 1.29 is 4.79 Å². The number of amides is 1. The lowest BCUT2D eigenvalue weighted by atomic mass is 10.1. The Labute approximate surface area is 189 Å². The lowest BCUT2D eigenvalue weighted by molar-refractivity contribution is 0.0942. The molecule has 170 valence electrons. The van der Waals surface area contributed by atoms with Gasteiger partial charge in [0.1, 0.15) is 5.69 Å². The highest BCUT2D eigenvalue weighted by Gasteiger charge is 2.18. The van der Waals surface area contributed by atoms with E-state index in [9.17, 15) is 4.79 Å². The van der Waals surface area contributed by atoms with Crippen LogP contribution in [-0.2, 0) is 13.6 Å². The fraction of sp³-hybridized carbons (Fsp3) is 0.458. The summed E-state index contributed by atoms with van der Waals surface area (Å²) in [4.78, 5) is 17.5. The van der Waals surface area contributed by atoms with Gasteiger partial charge < -0.3 is 10.2 Å². The van der Waals surface area contributed by atoms with Gasteiger partial charge >= 0.3 is 0 Å². The van der Waals surface area contributed by atoms with Gasteiger partial charge in [0.25, 0.3) is 5.91 Å². The number of nitrogens with zero attached hydrogens (tertiary/aromatic N) is 5. The molecular weight excluding hydrogens is 402 g/mol. The molecule has 8 nitrogen and oxygen atoms in total. The van der Waals surface area contributed by atoms with Gasteiger partial charge in [-0.05, 0) is 38.4 Å². The summed E-state index contributed by atoms with van der Waals surface area (Å²) < 4.78 is 1.83. The lowest BCUT2D eigenvalue weighted by Crippen LogP contribution is -2.46. The third-order valence-corrected chi connectivity index (χ3v) is 6.24. The fourth-order valence-electron chi connectivity index (χ4n) is 4.32. The second-order valence-electron chi connectivity index (χ2n) is 8.55. The summed E-state index contributed by atoms with van der Waals surface area (Å²) in [5, 5.41) is 14.6. The van der Waals surface area contributed by atoms with Crippen molar-refractivity contribution in [2.45, 2.75) is 26.8 Å². The highest BCUT2D eigenvalue weighted by atomic mass is 16.1. The minimum absolute atomic E-state index is 0.115. The predicted molar refractivity (Wildman–Crippen MR) is 125 cm³/mol. The van der Waals surface area contributed by atoms with Gasteiger partial charge in [0.05, 0.1) is 11.4 Å². The molecular formula is C24H33N7O. The maximum atomic E-state index is 12.5. The molecule has 1 aromatic carbocycles. The second kappa shape index (κ2) is 10.1. The fourth-order valence-corrected chi connectivity index (χ4v) is 4.32. The Balaban J connectivity index is 1.17. The van der Waals surface area contributed by atoms with E-state index in [0.29, 0.717) is 12.2 Å². The molecule has 0 saturated carbocycles. The van der Waals surface area contributed by atoms with Crippen LogP contribution >= 0.6 is 0 Å². The number of piperazine rings is 1. The van der Waals surface area contributed by atoms with Crippen LogP contribution in [0, 0.1) is 13.8 Å². The number of carbonyl (C=O) groups excluding carboxylic acids is 1. The number of hydrogen-bond donors (Lipinski definition) is 2. The average molecular weight is 436 g/mol. The molecule has 2 N–H and O–H groups in total. The van der Waals surface area contributed by atoms with Crippen molar-refractivity contribution in [2.75, 3.05) is 39.3 Å². The molecule has 1 amide bonds. The van der Waals surface area contributed by atoms with E-state index in [1.165, 1.54) is 5.56 Å². The van der Waals surface area contributed by atoms with E-state index in [0.717, 1.165) is 68.3 Å². The minimum atomic E-state index is -0.115. The van der Waals surface area contributed by atoms with Crippen molar-refractivity contribution in [3.8, 4) is 11.3 Å². The first-order valence-corrected chi connectivity index (χ1v) is 11.3. The Morgan fingerprint density at radius 2 is 1.81 bits per heavy atom. The van der Waals surface area contributed by atoms with Crippen LogP contribution in [0.2, 0.25) is 0 Å². The Morgan fingerprint density at radius 3 is 2.50 bits per heavy atom. The monoisotopic (exact) mass is 435 g/mol. The summed E-state index contributed by atoms with van der Waals surface area (Å²) in [6, 6.07) is 12.5. The minimum Gasteiger partial charge on any atom is -0.351 e. The summed E-state index contributed by atoms with van der Waals surface area (Å²) in [7, 11) is 1.91. The van der Waals surface area contributed by atoms with E-state index >= 15 is 0 Å². The number of benzene rings is 1. The molecule has 1 aliphatic rings. The summed E-state index contributed by atoms with van der Waals surface area (Å²) >= 11 is 0. The number of carbonyl (C=O) groups is 1. The van der Waals surface area contributed by atoms with Crippen LogP contribution in [-0.4, -0.2) is 75.0 Å². The highest BCUT2D eigenvalue weighted by molar-refractivity contribution is 5.93. The Morgan fingerprint density at radius 1 is 1.09 bits per heavy atom. The zero-order chi connectivity index (χ0) is 22.5. The zero-order valence-electron chi connectivity index (χ0n) is 19.3. The number of aromatic amines is 1. The number of H-pyrrole nitrogens is 1. The van der Waals surface area contributed by atoms with Crippen LogP contribution in [0.4, 0.5) is 0 Å². The lowest BCUT2D eigenvalue weighted by Gasteiger charge is -2.34. The molecule has 8 heteroatoms. The smallest absolute Gasteiger partial charge is 0.269 e.